The van der Waals surface area contributed by atoms with Crippen LogP contribution in [0.3, 0.4) is 0 Å². The van der Waals surface area contributed by atoms with Gasteiger partial charge in [-0.15, -0.1) is 0 Å². The molecule has 0 radical (unpaired) electrons. The Balaban J connectivity index is 1.29. The van der Waals surface area contributed by atoms with E-state index < -0.39 is 0 Å². The van der Waals surface area contributed by atoms with Crippen molar-refractivity contribution in [2.75, 3.05) is 24.5 Å². The van der Waals surface area contributed by atoms with E-state index in [1.165, 1.54) is 0 Å². The van der Waals surface area contributed by atoms with Crippen molar-refractivity contribution in [2.24, 2.45) is 5.92 Å². The quantitative estimate of drug-likeness (QED) is 0.503. The van der Waals surface area contributed by atoms with Gasteiger partial charge in [0.25, 0.3) is 0 Å². The van der Waals surface area contributed by atoms with Gasteiger partial charge >= 0.3 is 0 Å². The molecule has 0 spiro atoms. The molecule has 0 unspecified atom stereocenters. The predicted octanol–water partition coefficient (Wildman–Crippen LogP) is 4.41. The molecule has 1 saturated carbocycles. The van der Waals surface area contributed by atoms with E-state index in [0.717, 1.165) is 46.4 Å². The Kier molecular flexibility index (Phi) is 6.14. The minimum Gasteiger partial charge on any atom is -0.370 e. The summed E-state index contributed by atoms with van der Waals surface area (Å²) in [6.07, 6.45) is 4.82. The number of carbonyl (C=O) groups is 1. The Hall–Kier alpha value is -3.44. The molecule has 8 nitrogen and oxygen atoms in total. The molecule has 4 heterocycles. The van der Waals surface area contributed by atoms with E-state index in [1.807, 2.05) is 35.4 Å². The molecule has 2 aliphatic heterocycles. The minimum absolute atomic E-state index is 0.0200. The Morgan fingerprint density at radius 2 is 2.00 bits per heavy atom. The molecule has 0 N–H and O–H groups in total. The van der Waals surface area contributed by atoms with E-state index in [1.54, 1.807) is 4.68 Å². The Bertz CT molecular complexity index is 1430. The molecule has 198 valence electrons. The second-order valence-electron chi connectivity index (χ2n) is 12.0. The lowest BCUT2D eigenvalue weighted by atomic mass is 9.87. The lowest BCUT2D eigenvalue weighted by molar-refractivity contribution is -0.135. The van der Waals surface area contributed by atoms with Crippen LogP contribution in [0.2, 0.25) is 0 Å². The van der Waals surface area contributed by atoms with Gasteiger partial charge in [0, 0.05) is 42.9 Å². The van der Waals surface area contributed by atoms with Crippen molar-refractivity contribution >= 4 is 22.6 Å². The lowest BCUT2D eigenvalue weighted by Gasteiger charge is -2.44. The first-order valence-corrected chi connectivity index (χ1v) is 13.8. The van der Waals surface area contributed by atoms with Gasteiger partial charge in [0.1, 0.15) is 18.4 Å². The summed E-state index contributed by atoms with van der Waals surface area (Å²) in [5.74, 6) is 1.59. The minimum atomic E-state index is -0.305. The first-order chi connectivity index (χ1) is 18.3. The van der Waals surface area contributed by atoms with Crippen LogP contribution in [0.4, 0.5) is 5.82 Å². The van der Waals surface area contributed by atoms with Gasteiger partial charge in [0.2, 0.25) is 5.91 Å². The zero-order valence-corrected chi connectivity index (χ0v) is 22.8. The van der Waals surface area contributed by atoms with E-state index in [9.17, 15) is 10.1 Å². The molecule has 3 aliphatic rings. The number of rotatable bonds is 5. The predicted molar refractivity (Wildman–Crippen MR) is 146 cm³/mol. The normalized spacial score (nSPS) is 21.0. The number of para-hydroxylation sites is 1. The van der Waals surface area contributed by atoms with E-state index in [0.29, 0.717) is 44.1 Å². The number of nitriles is 1. The fraction of sp³-hybridized carbons (Fsp3) is 0.533. The van der Waals surface area contributed by atoms with Crippen LogP contribution in [0.1, 0.15) is 68.8 Å². The zero-order chi connectivity index (χ0) is 26.6. The van der Waals surface area contributed by atoms with Gasteiger partial charge in [0.05, 0.1) is 41.2 Å². The van der Waals surface area contributed by atoms with Crippen LogP contribution >= 0.6 is 0 Å². The van der Waals surface area contributed by atoms with E-state index in [4.69, 9.17) is 9.72 Å². The van der Waals surface area contributed by atoms with Gasteiger partial charge in [-0.05, 0) is 44.2 Å². The molecule has 6 rings (SSSR count). The number of piperazine rings is 1. The number of anilines is 1. The molecule has 8 heteroatoms. The molecule has 1 aromatic carbocycles. The molecule has 2 aromatic heterocycles. The molecule has 0 bridgehead atoms. The number of nitrogens with zero attached hydrogens (tertiary/aromatic N) is 6. The topological polar surface area (TPSA) is 87.3 Å². The Labute approximate surface area is 224 Å². The second-order valence-corrected chi connectivity index (χ2v) is 12.0. The summed E-state index contributed by atoms with van der Waals surface area (Å²) in [5.41, 5.74) is 4.71. The number of ether oxygens (including phenoxy) is 1. The average molecular weight is 513 g/mol. The van der Waals surface area contributed by atoms with Crippen molar-refractivity contribution in [1.82, 2.24) is 19.7 Å². The highest BCUT2D eigenvalue weighted by Gasteiger charge is 2.39. The van der Waals surface area contributed by atoms with Gasteiger partial charge in [-0.1, -0.05) is 32.0 Å². The monoisotopic (exact) mass is 512 g/mol. The van der Waals surface area contributed by atoms with Gasteiger partial charge in [-0.25, -0.2) is 4.98 Å². The largest absolute Gasteiger partial charge is 0.370 e. The van der Waals surface area contributed by atoms with Crippen LogP contribution in [0.5, 0.6) is 0 Å². The number of fused-ring (bicyclic) bond motifs is 2. The van der Waals surface area contributed by atoms with Gasteiger partial charge in [-0.2, -0.15) is 10.4 Å². The number of carbonyl (C=O) groups excluding carboxylic acids is 1. The highest BCUT2D eigenvalue weighted by Crippen LogP contribution is 2.46. The highest BCUT2D eigenvalue weighted by atomic mass is 16.5. The van der Waals surface area contributed by atoms with Crippen molar-refractivity contribution in [3.05, 3.63) is 52.8 Å². The number of benzene rings is 1. The van der Waals surface area contributed by atoms with Crippen LogP contribution in [0.25, 0.3) is 10.9 Å². The Morgan fingerprint density at radius 3 is 2.74 bits per heavy atom. The maximum atomic E-state index is 13.6. The molecule has 3 aromatic rings. The first kappa shape index (κ1) is 24.9. The molecule has 1 aliphatic carbocycles. The molecular weight excluding hydrogens is 476 g/mol. The first-order valence-electron chi connectivity index (χ1n) is 13.8. The second kappa shape index (κ2) is 9.39. The molecule has 38 heavy (non-hydrogen) atoms. The summed E-state index contributed by atoms with van der Waals surface area (Å²) < 4.78 is 7.94. The summed E-state index contributed by atoms with van der Waals surface area (Å²) in [7, 11) is 0. The third-order valence-electron chi connectivity index (χ3n) is 8.35. The van der Waals surface area contributed by atoms with Crippen LogP contribution in [-0.2, 0) is 29.1 Å². The highest BCUT2D eigenvalue weighted by molar-refractivity contribution is 5.82. The molecule has 2 fully saturated rings. The van der Waals surface area contributed by atoms with Crippen molar-refractivity contribution in [3.8, 4) is 6.07 Å². The number of amides is 1. The number of aromatic nitrogens is 3. The standard InChI is InChI=1S/C30H36N6O2/c1-19(2)26-16-34(11-12-35(26)27(37)17-36-25-8-6-5-7-21(25)15-32-36)29-23(14-31)22-13-30(3,4)38-18-24(22)28(33-29)20-9-10-20/h5-8,15,19-20,26H,9-13,16-18H2,1-4H3/t26-/m0/s1. The molecule has 1 atom stereocenters. The van der Waals surface area contributed by atoms with E-state index in [2.05, 4.69) is 43.8 Å². The van der Waals surface area contributed by atoms with Crippen LogP contribution in [-0.4, -0.2) is 56.8 Å². The lowest BCUT2D eigenvalue weighted by Crippen LogP contribution is -2.58. The summed E-state index contributed by atoms with van der Waals surface area (Å²) in [6.45, 7) is 11.2. The fourth-order valence-corrected chi connectivity index (χ4v) is 6.07. The third kappa shape index (κ3) is 4.43. The summed E-state index contributed by atoms with van der Waals surface area (Å²) >= 11 is 0. The molecule has 1 amide bonds. The Morgan fingerprint density at radius 1 is 1.21 bits per heavy atom. The average Bonchev–Trinajstić information content (AvgIpc) is 3.67. The summed E-state index contributed by atoms with van der Waals surface area (Å²) in [4.78, 5) is 23.0. The van der Waals surface area contributed by atoms with Gasteiger partial charge in [0.15, 0.2) is 0 Å². The fourth-order valence-electron chi connectivity index (χ4n) is 6.07. The maximum Gasteiger partial charge on any atom is 0.244 e. The van der Waals surface area contributed by atoms with Crippen LogP contribution in [0, 0.1) is 17.2 Å². The number of hydrogen-bond donors (Lipinski definition) is 0. The third-order valence-corrected chi connectivity index (χ3v) is 8.35. The van der Waals surface area contributed by atoms with Crippen LogP contribution < -0.4 is 4.90 Å². The maximum absolute atomic E-state index is 13.6. The van der Waals surface area contributed by atoms with E-state index in [-0.39, 0.29) is 30.0 Å². The zero-order valence-electron chi connectivity index (χ0n) is 22.8. The molecule has 1 saturated heterocycles. The smallest absolute Gasteiger partial charge is 0.244 e. The van der Waals surface area contributed by atoms with Gasteiger partial charge < -0.3 is 14.5 Å². The summed E-state index contributed by atoms with van der Waals surface area (Å²) in [5, 5.41) is 15.8. The summed E-state index contributed by atoms with van der Waals surface area (Å²) in [6, 6.07) is 10.5. The number of hydrogen-bond acceptors (Lipinski definition) is 6. The van der Waals surface area contributed by atoms with Crippen molar-refractivity contribution < 1.29 is 9.53 Å². The van der Waals surface area contributed by atoms with Crippen molar-refractivity contribution in [1.29, 1.82) is 5.26 Å². The molecular formula is C30H36N6O2. The van der Waals surface area contributed by atoms with Crippen molar-refractivity contribution in [2.45, 2.75) is 77.7 Å². The SMILES string of the molecule is CC(C)[C@@H]1CN(c2nc(C3CC3)c3c(c2C#N)CC(C)(C)OC3)CCN1C(=O)Cn1ncc2ccccc21. The van der Waals surface area contributed by atoms with Crippen molar-refractivity contribution in [3.63, 3.8) is 0 Å². The van der Waals surface area contributed by atoms with Crippen LogP contribution in [0.15, 0.2) is 30.5 Å². The van der Waals surface area contributed by atoms with Gasteiger partial charge in [-0.3, -0.25) is 9.48 Å². The number of pyridine rings is 1. The van der Waals surface area contributed by atoms with E-state index >= 15 is 0 Å².